The van der Waals surface area contributed by atoms with Crippen molar-refractivity contribution in [1.82, 2.24) is 35.0 Å². The van der Waals surface area contributed by atoms with Gasteiger partial charge in [-0.15, -0.1) is 0 Å². The minimum Gasteiger partial charge on any atom is -0.496 e. The van der Waals surface area contributed by atoms with E-state index in [9.17, 15) is 4.79 Å². The van der Waals surface area contributed by atoms with Gasteiger partial charge in [0.05, 0.1) is 29.9 Å². The third-order valence-corrected chi connectivity index (χ3v) is 6.18. The summed E-state index contributed by atoms with van der Waals surface area (Å²) in [5, 5.41) is 7.96. The number of rotatable bonds is 8. The predicted octanol–water partition coefficient (Wildman–Crippen LogP) is 2.36. The molecule has 0 fully saturated rings. The second-order valence-electron chi connectivity index (χ2n) is 8.56. The maximum absolute atomic E-state index is 10.6. The molecule has 2 N–H and O–H groups in total. The second-order valence-corrected chi connectivity index (χ2v) is 8.56. The van der Waals surface area contributed by atoms with Crippen LogP contribution in [0, 0.1) is 0 Å². The van der Waals surface area contributed by atoms with Crippen LogP contribution in [0.1, 0.15) is 22.8 Å². The average molecular weight is 486 g/mol. The summed E-state index contributed by atoms with van der Waals surface area (Å²) >= 11 is 0. The molecule has 6 heterocycles. The number of aromatic amines is 1. The van der Waals surface area contributed by atoms with E-state index in [0.717, 1.165) is 27.7 Å². The zero-order valence-corrected chi connectivity index (χ0v) is 19.5. The first kappa shape index (κ1) is 21.8. The minimum absolute atomic E-state index is 0.205. The molecule has 2 aliphatic rings. The van der Waals surface area contributed by atoms with Crippen LogP contribution in [-0.2, 0) is 39.9 Å². The van der Waals surface area contributed by atoms with Crippen molar-refractivity contribution in [2.75, 3.05) is 13.2 Å². The van der Waals surface area contributed by atoms with E-state index in [0.29, 0.717) is 48.9 Å². The molecule has 4 aromatic rings. The van der Waals surface area contributed by atoms with Crippen molar-refractivity contribution in [3.05, 3.63) is 72.2 Å². The molecule has 0 aliphatic carbocycles. The highest BCUT2D eigenvalue weighted by Gasteiger charge is 2.42. The Morgan fingerprint density at radius 3 is 3.06 bits per heavy atom. The summed E-state index contributed by atoms with van der Waals surface area (Å²) in [6.45, 7) is 1.03. The average Bonchev–Trinajstić information content (AvgIpc) is 3.63. The summed E-state index contributed by atoms with van der Waals surface area (Å²) in [6, 6.07) is 3.93. The highest BCUT2D eigenvalue weighted by molar-refractivity contribution is 5.95. The Bertz CT molecular complexity index is 1510. The molecule has 0 aromatic carbocycles. The highest BCUT2D eigenvalue weighted by Crippen LogP contribution is 2.43. The summed E-state index contributed by atoms with van der Waals surface area (Å²) in [4.78, 5) is 27.7. The lowest BCUT2D eigenvalue weighted by Crippen LogP contribution is -2.32. The first-order valence-electron chi connectivity index (χ1n) is 11.5. The Labute approximate surface area is 205 Å². The van der Waals surface area contributed by atoms with Gasteiger partial charge in [-0.3, -0.25) is 14.5 Å². The maximum atomic E-state index is 10.6. The number of amides is 1. The third kappa shape index (κ3) is 3.84. The van der Waals surface area contributed by atoms with Gasteiger partial charge >= 0.3 is 0 Å². The van der Waals surface area contributed by atoms with Gasteiger partial charge in [0.25, 0.3) is 0 Å². The second kappa shape index (κ2) is 8.84. The molecule has 11 heteroatoms. The van der Waals surface area contributed by atoms with Crippen molar-refractivity contribution >= 4 is 23.4 Å². The van der Waals surface area contributed by atoms with Crippen molar-refractivity contribution in [1.29, 1.82) is 0 Å². The maximum Gasteiger partial charge on any atom is 0.207 e. The smallest absolute Gasteiger partial charge is 0.207 e. The molecule has 0 saturated carbocycles. The summed E-state index contributed by atoms with van der Waals surface area (Å²) < 4.78 is 19.4. The number of carbonyl (C=O) groups is 1. The summed E-state index contributed by atoms with van der Waals surface area (Å²) in [7, 11) is 1.81. The number of ether oxygens (including phenoxy) is 3. The molecule has 6 rings (SSSR count). The monoisotopic (exact) mass is 485 g/mol. The Hall–Kier alpha value is -4.67. The fourth-order valence-electron chi connectivity index (χ4n) is 4.41. The predicted molar refractivity (Wildman–Crippen MR) is 129 cm³/mol. The molecule has 11 nitrogen and oxygen atoms in total. The van der Waals surface area contributed by atoms with Gasteiger partial charge < -0.3 is 24.5 Å². The summed E-state index contributed by atoms with van der Waals surface area (Å²) in [5.41, 5.74) is 4.05. The first-order chi connectivity index (χ1) is 17.6. The van der Waals surface area contributed by atoms with Gasteiger partial charge in [-0.05, 0) is 12.1 Å². The van der Waals surface area contributed by atoms with Gasteiger partial charge in [0.2, 0.25) is 12.0 Å². The molecular formula is C25H23N7O4. The molecule has 36 heavy (non-hydrogen) atoms. The molecular weight excluding hydrogens is 462 g/mol. The van der Waals surface area contributed by atoms with Crippen molar-refractivity contribution in [3.8, 4) is 17.0 Å². The Kier molecular flexibility index (Phi) is 5.36. The Morgan fingerprint density at radius 1 is 1.31 bits per heavy atom. The topological polar surface area (TPSA) is 129 Å². The van der Waals surface area contributed by atoms with Gasteiger partial charge in [-0.25, -0.2) is 9.97 Å². The molecule has 0 radical (unpaired) electrons. The number of hydrogen-bond donors (Lipinski definition) is 2. The van der Waals surface area contributed by atoms with Crippen LogP contribution < -0.4 is 10.1 Å². The number of aromatic nitrogens is 6. The fraction of sp³-hybridized carbons (Fsp3) is 0.240. The third-order valence-electron chi connectivity index (χ3n) is 6.18. The lowest BCUT2D eigenvalue weighted by molar-refractivity contribution is -0.109. The van der Waals surface area contributed by atoms with Gasteiger partial charge in [0.15, 0.2) is 5.82 Å². The Morgan fingerprint density at radius 2 is 2.25 bits per heavy atom. The van der Waals surface area contributed by atoms with Crippen LogP contribution in [0.5, 0.6) is 5.75 Å². The molecule has 0 saturated heterocycles. The van der Waals surface area contributed by atoms with Crippen molar-refractivity contribution in [2.45, 2.75) is 18.6 Å². The van der Waals surface area contributed by atoms with Gasteiger partial charge in [-0.1, -0.05) is 0 Å². The van der Waals surface area contributed by atoms with Crippen LogP contribution in [-0.4, -0.2) is 49.3 Å². The van der Waals surface area contributed by atoms with E-state index >= 15 is 0 Å². The van der Waals surface area contributed by atoms with Gasteiger partial charge in [0.1, 0.15) is 31.0 Å². The lowest BCUT2D eigenvalue weighted by Gasteiger charge is -2.30. The van der Waals surface area contributed by atoms with E-state index in [2.05, 4.69) is 25.4 Å². The van der Waals surface area contributed by atoms with E-state index < -0.39 is 5.60 Å². The van der Waals surface area contributed by atoms with Gasteiger partial charge in [-0.2, -0.15) is 5.10 Å². The Balaban J connectivity index is 1.44. The fourth-order valence-corrected chi connectivity index (χ4v) is 4.41. The van der Waals surface area contributed by atoms with Crippen molar-refractivity contribution in [2.24, 2.45) is 7.05 Å². The largest absolute Gasteiger partial charge is 0.496 e. The molecule has 1 amide bonds. The highest BCUT2D eigenvalue weighted by atomic mass is 16.5. The molecule has 1 spiro atoms. The zero-order chi connectivity index (χ0) is 24.5. The van der Waals surface area contributed by atoms with Crippen LogP contribution in [0.3, 0.4) is 0 Å². The van der Waals surface area contributed by atoms with Crippen LogP contribution in [0.2, 0.25) is 0 Å². The van der Waals surface area contributed by atoms with E-state index in [1.807, 2.05) is 37.5 Å². The quantitative estimate of drug-likeness (QED) is 0.287. The molecule has 182 valence electrons. The van der Waals surface area contributed by atoms with E-state index in [1.54, 1.807) is 29.7 Å². The molecule has 1 atom stereocenters. The van der Waals surface area contributed by atoms with Gasteiger partial charge in [0, 0.05) is 60.6 Å². The van der Waals surface area contributed by atoms with Crippen LogP contribution in [0.4, 0.5) is 0 Å². The minimum atomic E-state index is -0.833. The number of pyridine rings is 2. The summed E-state index contributed by atoms with van der Waals surface area (Å²) in [5.74, 6) is 1.21. The summed E-state index contributed by atoms with van der Waals surface area (Å²) in [6.07, 6.45) is 13.6. The molecule has 1 unspecified atom stereocenters. The normalized spacial score (nSPS) is 17.7. The van der Waals surface area contributed by atoms with E-state index in [1.165, 1.54) is 0 Å². The number of nitrogens with zero attached hydrogens (tertiary/aromatic N) is 5. The van der Waals surface area contributed by atoms with Crippen molar-refractivity contribution < 1.29 is 19.0 Å². The van der Waals surface area contributed by atoms with Crippen molar-refractivity contribution in [3.63, 3.8) is 0 Å². The van der Waals surface area contributed by atoms with Crippen LogP contribution >= 0.6 is 0 Å². The van der Waals surface area contributed by atoms with E-state index in [4.69, 9.17) is 19.2 Å². The van der Waals surface area contributed by atoms with Crippen LogP contribution in [0.15, 0.2) is 49.5 Å². The SMILES string of the molecule is Cn1cnc(COc2cc(-c3c[nH]c4cnc(CCNC=O)cc34)nc3c2C=COC32C=COC2)n1. The number of H-pyrrole nitrogens is 1. The number of carbonyl (C=O) groups excluding carboxylic acids is 1. The number of fused-ring (bicyclic) bond motifs is 3. The number of aryl methyl sites for hydroxylation is 1. The first-order valence-corrected chi connectivity index (χ1v) is 11.5. The number of nitrogens with one attached hydrogen (secondary N) is 2. The molecule has 0 bridgehead atoms. The zero-order valence-electron chi connectivity index (χ0n) is 19.5. The standard InChI is InChI=1S/C25H23N7O4/c1-32-14-29-23(31-32)12-35-22-9-20(30-24-17(22)3-6-36-25(24)4-7-34-13-25)19-10-28-21-11-27-16(8-18(19)21)2-5-26-15-33/h3-4,6-11,14-15,28H,2,5,12-13H2,1H3,(H,26,33). The van der Waals surface area contributed by atoms with Crippen LogP contribution in [0.25, 0.3) is 28.2 Å². The van der Waals surface area contributed by atoms with E-state index in [-0.39, 0.29) is 6.61 Å². The molecule has 4 aromatic heterocycles. The number of hydrogen-bond acceptors (Lipinski definition) is 8. The molecule has 2 aliphatic heterocycles. The lowest BCUT2D eigenvalue weighted by atomic mass is 9.93.